The lowest BCUT2D eigenvalue weighted by atomic mass is 9.98. The number of aromatic nitrogens is 1. The van der Waals surface area contributed by atoms with Crippen LogP contribution in [0.3, 0.4) is 0 Å². The highest BCUT2D eigenvalue weighted by molar-refractivity contribution is 7.88. The van der Waals surface area contributed by atoms with Gasteiger partial charge in [0.15, 0.2) is 11.4 Å². The molecule has 2 aromatic rings. The summed E-state index contributed by atoms with van der Waals surface area (Å²) in [6.07, 6.45) is 0.905. The fourth-order valence-corrected chi connectivity index (χ4v) is 3.53. The molecule has 0 saturated carbocycles. The minimum atomic E-state index is -6.04. The number of rotatable bonds is 5. The van der Waals surface area contributed by atoms with Gasteiger partial charge in [-0.2, -0.15) is 21.6 Å². The molecular weight excluding hydrogens is 493 g/mol. The molecule has 0 fully saturated rings. The molecule has 0 saturated heterocycles. The van der Waals surface area contributed by atoms with Crippen LogP contribution in [0.25, 0.3) is 11.3 Å². The topological polar surface area (TPSA) is 121 Å². The first-order chi connectivity index (χ1) is 16.1. The summed E-state index contributed by atoms with van der Waals surface area (Å²) >= 11 is 0. The summed E-state index contributed by atoms with van der Waals surface area (Å²) in [4.78, 5) is 32.8. The van der Waals surface area contributed by atoms with Crippen molar-refractivity contribution in [2.24, 2.45) is 4.99 Å². The molecule has 9 nitrogen and oxygen atoms in total. The smallest absolute Gasteiger partial charge is 0.464 e. The summed E-state index contributed by atoms with van der Waals surface area (Å²) in [6, 6.07) is 7.00. The fourth-order valence-electron chi connectivity index (χ4n) is 3.06. The zero-order valence-corrected chi connectivity index (χ0v) is 19.9. The number of carbonyl (C=O) groups excluding carboxylic acids is 2. The van der Waals surface area contributed by atoms with E-state index in [-0.39, 0.29) is 11.4 Å². The van der Waals surface area contributed by atoms with E-state index in [1.54, 1.807) is 39.0 Å². The van der Waals surface area contributed by atoms with Gasteiger partial charge in [0.05, 0.1) is 18.5 Å². The van der Waals surface area contributed by atoms with Crippen molar-refractivity contribution in [3.05, 3.63) is 41.6 Å². The van der Waals surface area contributed by atoms with E-state index in [0.717, 1.165) is 18.7 Å². The predicted octanol–water partition coefficient (Wildman–Crippen LogP) is 4.12. The molecule has 0 atom stereocenters. The number of esters is 2. The average molecular weight is 514 g/mol. The average Bonchev–Trinajstić information content (AvgIpc) is 2.76. The van der Waals surface area contributed by atoms with Crippen LogP contribution in [-0.2, 0) is 30.8 Å². The number of benzene rings is 1. The van der Waals surface area contributed by atoms with Gasteiger partial charge in [-0.05, 0) is 51.0 Å². The maximum absolute atomic E-state index is 12.7. The molecule has 0 amide bonds. The molecule has 0 aliphatic carbocycles. The Labute approximate surface area is 199 Å². The van der Waals surface area contributed by atoms with Crippen molar-refractivity contribution in [1.29, 1.82) is 0 Å². The molecule has 3 rings (SSSR count). The zero-order valence-electron chi connectivity index (χ0n) is 19.1. The molecule has 1 aromatic heterocycles. The third kappa shape index (κ3) is 5.96. The molecule has 1 aromatic carbocycles. The van der Waals surface area contributed by atoms with Gasteiger partial charge in [-0.15, -0.1) is 0 Å². The summed E-state index contributed by atoms with van der Waals surface area (Å²) in [5, 5.41) is 0. The highest BCUT2D eigenvalue weighted by atomic mass is 32.2. The minimum absolute atomic E-state index is 0.101. The van der Waals surface area contributed by atoms with Crippen LogP contribution in [0, 0.1) is 0 Å². The largest absolute Gasteiger partial charge is 0.534 e. The Morgan fingerprint density at radius 2 is 1.69 bits per heavy atom. The van der Waals surface area contributed by atoms with Gasteiger partial charge in [-0.3, -0.25) is 0 Å². The lowest BCUT2D eigenvalue weighted by Gasteiger charge is -2.22. The first-order valence-corrected chi connectivity index (χ1v) is 11.6. The van der Waals surface area contributed by atoms with E-state index in [1.807, 2.05) is 0 Å². The van der Waals surface area contributed by atoms with E-state index in [9.17, 15) is 31.2 Å². The van der Waals surface area contributed by atoms with E-state index < -0.39 is 44.6 Å². The second kappa shape index (κ2) is 9.29. The molecule has 188 valence electrons. The molecule has 1 aliphatic heterocycles. The minimum Gasteiger partial charge on any atom is -0.464 e. The van der Waals surface area contributed by atoms with Crippen molar-refractivity contribution in [3.8, 4) is 17.0 Å². The Kier molecular flexibility index (Phi) is 6.93. The quantitative estimate of drug-likeness (QED) is 0.332. The Morgan fingerprint density at radius 3 is 2.29 bits per heavy atom. The normalized spacial score (nSPS) is 14.0. The third-order valence-electron chi connectivity index (χ3n) is 4.62. The van der Waals surface area contributed by atoms with E-state index >= 15 is 0 Å². The van der Waals surface area contributed by atoms with Gasteiger partial charge in [0.2, 0.25) is 0 Å². The van der Waals surface area contributed by atoms with Crippen LogP contribution in [0.15, 0.2) is 35.3 Å². The summed E-state index contributed by atoms with van der Waals surface area (Å²) in [5.41, 5.74) is -5.15. The third-order valence-corrected chi connectivity index (χ3v) is 5.59. The van der Waals surface area contributed by atoms with Crippen molar-refractivity contribution < 1.29 is 44.8 Å². The van der Waals surface area contributed by atoms with Crippen LogP contribution in [0.2, 0.25) is 0 Å². The number of methoxy groups -OCH3 is 1. The highest BCUT2D eigenvalue weighted by Crippen LogP contribution is 2.34. The molecule has 0 spiro atoms. The Balaban J connectivity index is 2.00. The van der Waals surface area contributed by atoms with Gasteiger partial charge >= 0.3 is 27.6 Å². The van der Waals surface area contributed by atoms with Crippen LogP contribution in [0.4, 0.5) is 18.9 Å². The second-order valence-electron chi connectivity index (χ2n) is 8.42. The number of carbonyl (C=O) groups is 2. The number of fused-ring (bicyclic) bond motifs is 1. The number of nitrogens with zero attached hydrogens (tertiary/aromatic N) is 2. The zero-order chi connectivity index (χ0) is 26.2. The summed E-state index contributed by atoms with van der Waals surface area (Å²) in [7, 11) is -5.09. The molecule has 1 aliphatic rings. The maximum atomic E-state index is 12.7. The first kappa shape index (κ1) is 26.1. The van der Waals surface area contributed by atoms with E-state index in [0.29, 0.717) is 24.1 Å². The van der Waals surface area contributed by atoms with E-state index in [4.69, 9.17) is 4.74 Å². The molecule has 2 heterocycles. The van der Waals surface area contributed by atoms with Crippen molar-refractivity contribution in [1.82, 2.24) is 4.98 Å². The van der Waals surface area contributed by atoms with Gasteiger partial charge in [-0.1, -0.05) is 12.1 Å². The number of aryl methyl sites for hydroxylation is 1. The second-order valence-corrected chi connectivity index (χ2v) is 9.96. The van der Waals surface area contributed by atoms with E-state index in [2.05, 4.69) is 18.9 Å². The summed E-state index contributed by atoms with van der Waals surface area (Å²) in [5.74, 6) is -2.70. The molecule has 13 heteroatoms. The summed E-state index contributed by atoms with van der Waals surface area (Å²) in [6.45, 7) is 5.20. The standard InChI is InChI=1S/C22H21F3N2O7S/c1-21(2,3)33-19(28)15-8-7-12-5-6-13(11-16(12)26-15)14-9-10-17(18(27-14)20(29)32-4)34-35(30,31)22(23,24)25/h5-6,9-11H,7-8H2,1-4H3. The SMILES string of the molecule is COC(=O)c1nc(-c2ccc3c(c2)N=C(C(=O)OC(C)(C)C)CC3)ccc1OS(=O)(=O)C(F)(F)F. The van der Waals surface area contributed by atoms with Crippen molar-refractivity contribution in [2.45, 2.75) is 44.7 Å². The Hall–Kier alpha value is -3.48. The predicted molar refractivity (Wildman–Crippen MR) is 118 cm³/mol. The molecule has 35 heavy (non-hydrogen) atoms. The lowest BCUT2D eigenvalue weighted by molar-refractivity contribution is -0.146. The Morgan fingerprint density at radius 1 is 1.00 bits per heavy atom. The molecule has 0 radical (unpaired) electrons. The molecule has 0 unspecified atom stereocenters. The van der Waals surface area contributed by atoms with Crippen LogP contribution >= 0.6 is 0 Å². The van der Waals surface area contributed by atoms with Crippen molar-refractivity contribution in [2.75, 3.05) is 7.11 Å². The fraction of sp³-hybridized carbons (Fsp3) is 0.364. The van der Waals surface area contributed by atoms with Gasteiger partial charge in [-0.25, -0.2) is 19.6 Å². The van der Waals surface area contributed by atoms with Crippen LogP contribution < -0.4 is 4.18 Å². The summed E-state index contributed by atoms with van der Waals surface area (Å²) < 4.78 is 74.9. The molecular formula is C22H21F3N2O7S. The molecule has 0 N–H and O–H groups in total. The van der Waals surface area contributed by atoms with Gasteiger partial charge < -0.3 is 13.7 Å². The Bertz CT molecular complexity index is 1310. The van der Waals surface area contributed by atoms with Crippen molar-refractivity contribution >= 4 is 33.5 Å². The number of hydrogen-bond acceptors (Lipinski definition) is 9. The van der Waals surface area contributed by atoms with Gasteiger partial charge in [0, 0.05) is 12.0 Å². The van der Waals surface area contributed by atoms with Crippen LogP contribution in [0.5, 0.6) is 5.75 Å². The van der Waals surface area contributed by atoms with Crippen molar-refractivity contribution in [3.63, 3.8) is 0 Å². The lowest BCUT2D eigenvalue weighted by Crippen LogP contribution is -2.29. The monoisotopic (exact) mass is 514 g/mol. The van der Waals surface area contributed by atoms with E-state index in [1.165, 1.54) is 6.07 Å². The number of pyridine rings is 1. The van der Waals surface area contributed by atoms with Crippen LogP contribution in [-0.4, -0.2) is 49.3 Å². The molecule has 0 bridgehead atoms. The van der Waals surface area contributed by atoms with Gasteiger partial charge in [0.25, 0.3) is 0 Å². The van der Waals surface area contributed by atoms with Crippen LogP contribution in [0.1, 0.15) is 43.2 Å². The number of aliphatic imine (C=N–C) groups is 1. The first-order valence-electron chi connectivity index (χ1n) is 10.2. The number of ether oxygens (including phenoxy) is 2. The number of hydrogen-bond donors (Lipinski definition) is 0. The highest BCUT2D eigenvalue weighted by Gasteiger charge is 2.49. The number of halogens is 3. The number of alkyl halides is 3. The maximum Gasteiger partial charge on any atom is 0.534 e. The van der Waals surface area contributed by atoms with Gasteiger partial charge in [0.1, 0.15) is 11.3 Å².